The van der Waals surface area contributed by atoms with Crippen molar-refractivity contribution in [2.24, 2.45) is 5.92 Å². The summed E-state index contributed by atoms with van der Waals surface area (Å²) in [5.41, 5.74) is 0. The first-order valence-electron chi connectivity index (χ1n) is 25.9. The molecular formula is C50H74O26. The third-order valence-electron chi connectivity index (χ3n) is 11.8. The zero-order valence-electron chi connectivity index (χ0n) is 45.0. The summed E-state index contributed by atoms with van der Waals surface area (Å²) in [5.74, 6) is -14.1. The number of carbonyl (C=O) groups is 11. The molecule has 3 aliphatic heterocycles. The zero-order chi connectivity index (χ0) is 56.9. The minimum Gasteiger partial charge on any atom is -0.463 e. The Morgan fingerprint density at radius 3 is 1.25 bits per heavy atom. The zero-order valence-corrected chi connectivity index (χ0v) is 45.0. The lowest BCUT2D eigenvalue weighted by atomic mass is 9.86. The minimum atomic E-state index is -3.10. The van der Waals surface area contributed by atoms with Crippen molar-refractivity contribution in [1.82, 2.24) is 0 Å². The van der Waals surface area contributed by atoms with Crippen LogP contribution >= 0.6 is 0 Å². The highest BCUT2D eigenvalue weighted by Crippen LogP contribution is 2.44. The Bertz CT molecular complexity index is 2020. The van der Waals surface area contributed by atoms with Gasteiger partial charge in [0.25, 0.3) is 0 Å². The summed E-state index contributed by atoms with van der Waals surface area (Å²) < 4.78 is 89.1. The van der Waals surface area contributed by atoms with E-state index in [2.05, 4.69) is 0 Å². The highest BCUT2D eigenvalue weighted by atomic mass is 17.0. The van der Waals surface area contributed by atoms with Crippen molar-refractivity contribution < 1.29 is 124 Å². The van der Waals surface area contributed by atoms with Crippen LogP contribution in [0.2, 0.25) is 0 Å². The summed E-state index contributed by atoms with van der Waals surface area (Å²) >= 11 is 0. The number of ether oxygens (including phenoxy) is 15. The molecule has 3 aliphatic rings. The fraction of sp³-hybridized carbons (Fsp3) is 0.780. The number of hydrogen-bond donors (Lipinski definition) is 0. The summed E-state index contributed by atoms with van der Waals surface area (Å²) in [4.78, 5) is 145. The molecule has 0 spiro atoms. The largest absolute Gasteiger partial charge is 0.463 e. The van der Waals surface area contributed by atoms with Crippen LogP contribution in [0.3, 0.4) is 0 Å². The average molecular weight is 1090 g/mol. The van der Waals surface area contributed by atoms with E-state index in [4.69, 9.17) is 71.1 Å². The number of ketones is 1. The van der Waals surface area contributed by atoms with Crippen LogP contribution in [0.15, 0.2) is 0 Å². The molecule has 0 unspecified atom stereocenters. The fourth-order valence-electron chi connectivity index (χ4n) is 7.57. The van der Waals surface area contributed by atoms with Gasteiger partial charge in [-0.15, -0.1) is 0 Å². The second-order valence-electron chi connectivity index (χ2n) is 17.2. The Morgan fingerprint density at radius 1 is 0.368 bits per heavy atom. The second kappa shape index (κ2) is 31.4. The molecule has 430 valence electrons. The molecular weight excluding hydrogens is 1020 g/mol. The van der Waals surface area contributed by atoms with Crippen molar-refractivity contribution in [2.45, 2.75) is 233 Å². The van der Waals surface area contributed by atoms with Crippen molar-refractivity contribution in [3.05, 3.63) is 0 Å². The van der Waals surface area contributed by atoms with Gasteiger partial charge >= 0.3 is 65.7 Å². The molecule has 0 N–H and O–H groups in total. The molecule has 26 heteroatoms. The highest BCUT2D eigenvalue weighted by Gasteiger charge is 2.68. The van der Waals surface area contributed by atoms with Gasteiger partial charge in [-0.1, -0.05) is 76.2 Å². The van der Waals surface area contributed by atoms with Gasteiger partial charge in [-0.3, -0.25) is 62.2 Å². The van der Waals surface area contributed by atoms with Crippen molar-refractivity contribution in [3.8, 4) is 0 Å². The molecule has 14 atom stereocenters. The van der Waals surface area contributed by atoms with Crippen LogP contribution in [-0.4, -0.2) is 158 Å². The Balaban J connectivity index is 2.41. The van der Waals surface area contributed by atoms with E-state index in [1.54, 1.807) is 0 Å². The molecule has 3 fully saturated rings. The molecule has 3 rings (SSSR count). The third-order valence-corrected chi connectivity index (χ3v) is 11.8. The summed E-state index contributed by atoms with van der Waals surface area (Å²) in [6, 6.07) is 0. The number of carbonyl (C=O) groups excluding carboxylic acids is 11. The summed E-state index contributed by atoms with van der Waals surface area (Å²) in [5, 5.41) is 0. The summed E-state index contributed by atoms with van der Waals surface area (Å²) in [6.07, 6.45) is -24.9. The van der Waals surface area contributed by atoms with Gasteiger partial charge in [0.2, 0.25) is 18.5 Å². The minimum absolute atomic E-state index is 0.0906. The number of Topliss-reactive ketones (excluding diaryl/α,β-unsaturated/α-hetero) is 1. The van der Waals surface area contributed by atoms with Crippen LogP contribution in [0.25, 0.3) is 0 Å². The number of rotatable bonds is 29. The normalized spacial score (nSPS) is 28.9. The maximum Gasteiger partial charge on any atom is 0.378 e. The monoisotopic (exact) mass is 1090 g/mol. The van der Waals surface area contributed by atoms with Gasteiger partial charge in [0.15, 0.2) is 37.0 Å². The lowest BCUT2D eigenvalue weighted by Gasteiger charge is -2.48. The first-order chi connectivity index (χ1) is 36.1. The van der Waals surface area contributed by atoms with Crippen molar-refractivity contribution in [1.29, 1.82) is 0 Å². The predicted molar refractivity (Wildman–Crippen MR) is 251 cm³/mol. The molecule has 3 heterocycles. The highest BCUT2D eigenvalue weighted by molar-refractivity contribution is 5.79. The maximum absolute atomic E-state index is 13.6. The van der Waals surface area contributed by atoms with Gasteiger partial charge in [-0.2, -0.15) is 0 Å². The Morgan fingerprint density at radius 2 is 0.763 bits per heavy atom. The SMILES string of the molecule is CCC(=O)C[C@H]1[C@@H](O[C@]2(OC(=O)CC)O[C@H](OC(=O)CC)[C@@H](OC(=O)CC)[C@@H]2OC(=O)CC)O[C@H](CO[C@H]2O[C@H](COC(=O)CC)[C@H](OC(=O)CC)[C@H](OC(=O)CC)[C@H]2OC(=O)CC)[C@@H](OC(=O)CC)[C@@H]1OC(=O)CC. The molecule has 3 saturated heterocycles. The fourth-order valence-corrected chi connectivity index (χ4v) is 7.57. The quantitative estimate of drug-likeness (QED) is 0.0587. The molecule has 0 aromatic carbocycles. The predicted octanol–water partition coefficient (Wildman–Crippen LogP) is 3.58. The average Bonchev–Trinajstić information content (AvgIpc) is 3.67. The van der Waals surface area contributed by atoms with E-state index in [-0.39, 0.29) is 64.2 Å². The van der Waals surface area contributed by atoms with Gasteiger partial charge in [0.1, 0.15) is 30.7 Å². The standard InChI is InChI=1S/C50H74O26/c1-12-26(51)23-27-40(66-31(53)14-3)41(67-32(54)15-4)29(25-63-48-44(70-35(57)18-7)43(69-34(56)17-6)42(68-33(55)16-5)28(65-48)24-62-30(52)13-2)64-47(27)75-50(74-39(61)22-11)46(72-37(59)20-9)45(71-36(58)19-8)49(76-50)73-38(60)21-10/h27-29,40-49H,12-25H2,1-11H3/t27-,28-,29-,40-,41-,42+,43+,44-,45+,46+,47-,48+,49+,50+/m1/s1. The molecule has 0 amide bonds. The van der Waals surface area contributed by atoms with Crippen molar-refractivity contribution in [3.63, 3.8) is 0 Å². The van der Waals surface area contributed by atoms with Crippen molar-refractivity contribution in [2.75, 3.05) is 13.2 Å². The summed E-state index contributed by atoms with van der Waals surface area (Å²) in [6.45, 7) is 14.5. The summed E-state index contributed by atoms with van der Waals surface area (Å²) in [7, 11) is 0. The van der Waals surface area contributed by atoms with Gasteiger partial charge in [-0.25, -0.2) is 0 Å². The Hall–Kier alpha value is -5.83. The first-order valence-corrected chi connectivity index (χ1v) is 25.9. The topological polar surface area (TPSA) is 326 Å². The Labute approximate surface area is 440 Å². The second-order valence-corrected chi connectivity index (χ2v) is 17.2. The molecule has 0 aliphatic carbocycles. The molecule has 0 saturated carbocycles. The van der Waals surface area contributed by atoms with Gasteiger partial charge in [0, 0.05) is 77.0 Å². The molecule has 26 nitrogen and oxygen atoms in total. The smallest absolute Gasteiger partial charge is 0.378 e. The van der Waals surface area contributed by atoms with E-state index >= 15 is 0 Å². The Kier molecular flexibility index (Phi) is 26.6. The molecule has 0 bridgehead atoms. The third kappa shape index (κ3) is 17.9. The van der Waals surface area contributed by atoms with Crippen LogP contribution in [0.5, 0.6) is 0 Å². The van der Waals surface area contributed by atoms with E-state index in [0.717, 1.165) is 0 Å². The molecule has 0 aromatic heterocycles. The lowest BCUT2D eigenvalue weighted by Crippen LogP contribution is -2.65. The lowest BCUT2D eigenvalue weighted by molar-refractivity contribution is -0.445. The van der Waals surface area contributed by atoms with E-state index in [1.165, 1.54) is 76.2 Å². The molecule has 76 heavy (non-hydrogen) atoms. The molecule has 0 radical (unpaired) electrons. The van der Waals surface area contributed by atoms with Crippen LogP contribution in [-0.2, 0) is 124 Å². The van der Waals surface area contributed by atoms with E-state index < -0.39 is 177 Å². The number of hydrogen-bond acceptors (Lipinski definition) is 26. The van der Waals surface area contributed by atoms with Crippen LogP contribution in [0, 0.1) is 5.92 Å². The first kappa shape index (κ1) is 64.5. The van der Waals surface area contributed by atoms with E-state index in [9.17, 15) is 52.7 Å². The van der Waals surface area contributed by atoms with Gasteiger partial charge < -0.3 is 61.6 Å². The van der Waals surface area contributed by atoms with E-state index in [0.29, 0.717) is 0 Å². The van der Waals surface area contributed by atoms with E-state index in [1.807, 2.05) is 0 Å². The van der Waals surface area contributed by atoms with Crippen molar-refractivity contribution >= 4 is 65.5 Å². The van der Waals surface area contributed by atoms with Gasteiger partial charge in [-0.05, 0) is 0 Å². The van der Waals surface area contributed by atoms with Gasteiger partial charge in [0.05, 0.1) is 12.5 Å². The van der Waals surface area contributed by atoms with Crippen LogP contribution in [0.1, 0.15) is 153 Å². The maximum atomic E-state index is 13.6. The molecule has 0 aromatic rings. The number of esters is 10. The van der Waals surface area contributed by atoms with Crippen LogP contribution < -0.4 is 0 Å². The van der Waals surface area contributed by atoms with Crippen LogP contribution in [0.4, 0.5) is 0 Å².